The van der Waals surface area contributed by atoms with Crippen LogP contribution in [0.5, 0.6) is 0 Å². The van der Waals surface area contributed by atoms with E-state index in [0.29, 0.717) is 19.6 Å². The fraction of sp³-hybridized carbons (Fsp3) is 0.467. The zero-order chi connectivity index (χ0) is 14.0. The van der Waals surface area contributed by atoms with E-state index in [1.165, 1.54) is 5.56 Å². The van der Waals surface area contributed by atoms with Gasteiger partial charge in [0.1, 0.15) is 0 Å². The zero-order valence-electron chi connectivity index (χ0n) is 11.7. The molecule has 4 nitrogen and oxygen atoms in total. The lowest BCUT2D eigenvalue weighted by Crippen LogP contribution is -2.49. The molecule has 1 fully saturated rings. The highest BCUT2D eigenvalue weighted by atomic mass is 16.2. The van der Waals surface area contributed by atoms with Crippen molar-refractivity contribution in [3.63, 3.8) is 0 Å². The molecule has 1 aliphatic rings. The van der Waals surface area contributed by atoms with Crippen molar-refractivity contribution in [2.75, 3.05) is 26.2 Å². The third-order valence-corrected chi connectivity index (χ3v) is 3.63. The van der Waals surface area contributed by atoms with Gasteiger partial charge in [0.25, 0.3) is 0 Å². The number of piperazine rings is 1. The second kappa shape index (κ2) is 5.53. The monoisotopic (exact) mass is 260 g/mol. The predicted octanol–water partition coefficient (Wildman–Crippen LogP) is 1.23. The summed E-state index contributed by atoms with van der Waals surface area (Å²) >= 11 is 0. The highest BCUT2D eigenvalue weighted by molar-refractivity contribution is 5.99. The van der Waals surface area contributed by atoms with Gasteiger partial charge in [0.05, 0.1) is 13.1 Å². The summed E-state index contributed by atoms with van der Waals surface area (Å²) in [6.45, 7) is 8.01. The molecule has 1 N–H and O–H groups in total. The lowest BCUT2D eigenvalue weighted by atomic mass is 9.98. The van der Waals surface area contributed by atoms with Gasteiger partial charge < -0.3 is 5.32 Å². The minimum Gasteiger partial charge on any atom is -0.354 e. The van der Waals surface area contributed by atoms with Crippen molar-refractivity contribution in [3.8, 4) is 0 Å². The molecule has 0 aliphatic carbocycles. The van der Waals surface area contributed by atoms with Crippen molar-refractivity contribution in [2.45, 2.75) is 20.8 Å². The van der Waals surface area contributed by atoms with Gasteiger partial charge in [-0.2, -0.15) is 0 Å². The Hall–Kier alpha value is -1.68. The lowest BCUT2D eigenvalue weighted by Gasteiger charge is -2.25. The van der Waals surface area contributed by atoms with Crippen molar-refractivity contribution in [1.82, 2.24) is 10.2 Å². The molecular formula is C15H20N2O2. The van der Waals surface area contributed by atoms with E-state index in [4.69, 9.17) is 0 Å². The largest absolute Gasteiger partial charge is 0.354 e. The highest BCUT2D eigenvalue weighted by Gasteiger charge is 2.20. The minimum atomic E-state index is -0.00383. The van der Waals surface area contributed by atoms with E-state index in [0.717, 1.165) is 23.2 Å². The molecule has 4 heteroatoms. The summed E-state index contributed by atoms with van der Waals surface area (Å²) in [6, 6.07) is 4.00. The third kappa shape index (κ3) is 3.20. The van der Waals surface area contributed by atoms with Gasteiger partial charge in [-0.1, -0.05) is 6.07 Å². The standard InChI is InChI=1S/C15H20N2O2/c1-10-6-12(3)13(7-11(10)2)14(18)8-17-5-4-16-15(19)9-17/h6-7H,4-5,8-9H2,1-3H3,(H,16,19). The molecule has 1 aromatic carbocycles. The maximum absolute atomic E-state index is 12.3. The summed E-state index contributed by atoms with van der Waals surface area (Å²) in [7, 11) is 0. The number of rotatable bonds is 3. The maximum atomic E-state index is 12.3. The van der Waals surface area contributed by atoms with Crippen molar-refractivity contribution in [1.29, 1.82) is 0 Å². The second-order valence-electron chi connectivity index (χ2n) is 5.24. The van der Waals surface area contributed by atoms with Crippen LogP contribution in [-0.2, 0) is 4.79 Å². The zero-order valence-corrected chi connectivity index (χ0v) is 11.7. The summed E-state index contributed by atoms with van der Waals surface area (Å²) in [4.78, 5) is 25.5. The van der Waals surface area contributed by atoms with Crippen LogP contribution in [0.1, 0.15) is 27.0 Å². The van der Waals surface area contributed by atoms with Crippen LogP contribution < -0.4 is 5.32 Å². The first-order chi connectivity index (χ1) is 8.97. The van der Waals surface area contributed by atoms with E-state index < -0.39 is 0 Å². The van der Waals surface area contributed by atoms with Gasteiger partial charge in [0, 0.05) is 18.7 Å². The molecule has 1 aromatic rings. The van der Waals surface area contributed by atoms with E-state index >= 15 is 0 Å². The van der Waals surface area contributed by atoms with Gasteiger partial charge in [0.15, 0.2) is 5.78 Å². The Bertz CT molecular complexity index is 523. The second-order valence-corrected chi connectivity index (χ2v) is 5.24. The Kier molecular flexibility index (Phi) is 4.00. The molecule has 0 saturated carbocycles. The van der Waals surface area contributed by atoms with Gasteiger partial charge in [0.2, 0.25) is 5.91 Å². The van der Waals surface area contributed by atoms with E-state index in [-0.39, 0.29) is 11.7 Å². The SMILES string of the molecule is Cc1cc(C)c(C(=O)CN2CCNC(=O)C2)cc1C. The summed E-state index contributed by atoms with van der Waals surface area (Å²) in [5, 5.41) is 2.76. The number of nitrogens with zero attached hydrogens (tertiary/aromatic N) is 1. The molecule has 19 heavy (non-hydrogen) atoms. The number of nitrogens with one attached hydrogen (secondary N) is 1. The fourth-order valence-electron chi connectivity index (χ4n) is 2.38. The van der Waals surface area contributed by atoms with Crippen LogP contribution in [0.4, 0.5) is 0 Å². The van der Waals surface area contributed by atoms with Gasteiger partial charge >= 0.3 is 0 Å². The summed E-state index contributed by atoms with van der Waals surface area (Å²) in [5.41, 5.74) is 4.11. The number of aryl methyl sites for hydroxylation is 3. The van der Waals surface area contributed by atoms with Crippen molar-refractivity contribution >= 4 is 11.7 Å². The summed E-state index contributed by atoms with van der Waals surface area (Å²) < 4.78 is 0. The minimum absolute atomic E-state index is 0.00383. The first-order valence-corrected chi connectivity index (χ1v) is 6.57. The van der Waals surface area contributed by atoms with E-state index in [1.54, 1.807) is 0 Å². The lowest BCUT2D eigenvalue weighted by molar-refractivity contribution is -0.123. The van der Waals surface area contributed by atoms with Crippen LogP contribution in [0.2, 0.25) is 0 Å². The average molecular weight is 260 g/mol. The molecular weight excluding hydrogens is 240 g/mol. The number of carbonyl (C=O) groups excluding carboxylic acids is 2. The van der Waals surface area contributed by atoms with E-state index in [2.05, 4.69) is 5.32 Å². The van der Waals surface area contributed by atoms with Crippen LogP contribution >= 0.6 is 0 Å². The summed E-state index contributed by atoms with van der Waals surface area (Å²) in [6.07, 6.45) is 0. The van der Waals surface area contributed by atoms with Crippen LogP contribution in [0.15, 0.2) is 12.1 Å². The Morgan fingerprint density at radius 1 is 1.21 bits per heavy atom. The average Bonchev–Trinajstić information content (AvgIpc) is 2.33. The van der Waals surface area contributed by atoms with Crippen LogP contribution in [0, 0.1) is 20.8 Å². The Balaban J connectivity index is 2.11. The maximum Gasteiger partial charge on any atom is 0.234 e. The third-order valence-electron chi connectivity index (χ3n) is 3.63. The van der Waals surface area contributed by atoms with Crippen molar-refractivity contribution < 1.29 is 9.59 Å². The van der Waals surface area contributed by atoms with Crippen LogP contribution in [0.25, 0.3) is 0 Å². The quantitative estimate of drug-likeness (QED) is 0.832. The first-order valence-electron chi connectivity index (χ1n) is 6.57. The van der Waals surface area contributed by atoms with E-state index in [1.807, 2.05) is 37.8 Å². The van der Waals surface area contributed by atoms with Crippen LogP contribution in [-0.4, -0.2) is 42.8 Å². The Morgan fingerprint density at radius 3 is 2.58 bits per heavy atom. The molecule has 102 valence electrons. The number of benzene rings is 1. The Labute approximate surface area is 113 Å². The predicted molar refractivity (Wildman–Crippen MR) is 74.4 cm³/mol. The van der Waals surface area contributed by atoms with Crippen LogP contribution in [0.3, 0.4) is 0 Å². The number of hydrogen-bond donors (Lipinski definition) is 1. The molecule has 1 saturated heterocycles. The normalized spacial score (nSPS) is 16.3. The molecule has 0 aromatic heterocycles. The molecule has 0 atom stereocenters. The van der Waals surface area contributed by atoms with Crippen molar-refractivity contribution in [2.24, 2.45) is 0 Å². The Morgan fingerprint density at radius 2 is 1.89 bits per heavy atom. The first kappa shape index (κ1) is 13.7. The molecule has 1 amide bonds. The molecule has 1 aliphatic heterocycles. The van der Waals surface area contributed by atoms with Gasteiger partial charge in [-0.05, 0) is 43.5 Å². The molecule has 0 radical (unpaired) electrons. The smallest absolute Gasteiger partial charge is 0.234 e. The molecule has 0 spiro atoms. The van der Waals surface area contributed by atoms with Gasteiger partial charge in [-0.3, -0.25) is 14.5 Å². The highest BCUT2D eigenvalue weighted by Crippen LogP contribution is 2.16. The number of ketones is 1. The molecule has 0 bridgehead atoms. The summed E-state index contributed by atoms with van der Waals surface area (Å²) in [5.74, 6) is 0.0890. The number of hydrogen-bond acceptors (Lipinski definition) is 3. The number of Topliss-reactive ketones (excluding diaryl/α,β-unsaturated/α-hetero) is 1. The molecule has 0 unspecified atom stereocenters. The van der Waals surface area contributed by atoms with Crippen molar-refractivity contribution in [3.05, 3.63) is 34.4 Å². The molecule has 1 heterocycles. The van der Waals surface area contributed by atoms with E-state index in [9.17, 15) is 9.59 Å². The topological polar surface area (TPSA) is 49.4 Å². The van der Waals surface area contributed by atoms with Gasteiger partial charge in [-0.25, -0.2) is 0 Å². The fourth-order valence-corrected chi connectivity index (χ4v) is 2.38. The molecule has 2 rings (SSSR count). The number of amides is 1. The number of carbonyl (C=O) groups is 2. The van der Waals surface area contributed by atoms with Gasteiger partial charge in [-0.15, -0.1) is 0 Å².